The number of para-hydroxylation sites is 1. The van der Waals surface area contributed by atoms with E-state index in [1.54, 1.807) is 0 Å². The lowest BCUT2D eigenvalue weighted by molar-refractivity contribution is 0.305. The minimum absolute atomic E-state index is 0.216. The number of halogens is 1. The molecule has 1 aromatic heterocycles. The molecule has 0 radical (unpaired) electrons. The van der Waals surface area contributed by atoms with Gasteiger partial charge in [-0.25, -0.2) is 0 Å². The fourth-order valence-electron chi connectivity index (χ4n) is 2.08. The molecule has 114 valence electrons. The molecule has 2 rings (SSSR count). The Balaban J connectivity index is 1.94. The molecule has 0 aliphatic heterocycles. The van der Waals surface area contributed by atoms with Crippen LogP contribution in [0.3, 0.4) is 0 Å². The number of hydrogen-bond acceptors (Lipinski definition) is 4. The van der Waals surface area contributed by atoms with Crippen molar-refractivity contribution in [3.05, 3.63) is 30.2 Å². The lowest BCUT2D eigenvalue weighted by Gasteiger charge is -2.09. The first kappa shape index (κ1) is 15.8. The number of ether oxygens (including phenoxy) is 1. The zero-order chi connectivity index (χ0) is 14.9. The predicted molar refractivity (Wildman–Crippen MR) is 83.5 cm³/mol. The Morgan fingerprint density at radius 2 is 1.95 bits per heavy atom. The van der Waals surface area contributed by atoms with Gasteiger partial charge in [0.15, 0.2) is 0 Å². The molecule has 0 bridgehead atoms. The van der Waals surface area contributed by atoms with Gasteiger partial charge in [0.25, 0.3) is 0 Å². The van der Waals surface area contributed by atoms with Crippen LogP contribution in [-0.2, 0) is 5.88 Å². The summed E-state index contributed by atoms with van der Waals surface area (Å²) in [6.07, 6.45) is 6.08. The predicted octanol–water partition coefficient (Wildman–Crippen LogP) is 4.82. The average Bonchev–Trinajstić information content (AvgIpc) is 3.00. The highest BCUT2D eigenvalue weighted by Gasteiger charge is 2.12. The minimum atomic E-state index is 0.216. The number of aromatic nitrogens is 2. The fourth-order valence-corrected chi connectivity index (χ4v) is 2.19. The van der Waals surface area contributed by atoms with Gasteiger partial charge in [0.1, 0.15) is 11.6 Å². The van der Waals surface area contributed by atoms with Crippen molar-refractivity contribution >= 4 is 11.6 Å². The molecule has 0 saturated carbocycles. The summed E-state index contributed by atoms with van der Waals surface area (Å²) >= 11 is 5.68. The maximum absolute atomic E-state index is 5.86. The van der Waals surface area contributed by atoms with Gasteiger partial charge in [-0.05, 0) is 18.6 Å². The zero-order valence-electron chi connectivity index (χ0n) is 12.3. The van der Waals surface area contributed by atoms with Crippen molar-refractivity contribution < 1.29 is 9.26 Å². The van der Waals surface area contributed by atoms with Crippen LogP contribution in [0.2, 0.25) is 0 Å². The normalized spacial score (nSPS) is 10.8. The Morgan fingerprint density at radius 3 is 2.71 bits per heavy atom. The van der Waals surface area contributed by atoms with Crippen molar-refractivity contribution in [1.82, 2.24) is 10.1 Å². The second kappa shape index (κ2) is 8.67. The summed E-state index contributed by atoms with van der Waals surface area (Å²) in [6.45, 7) is 2.92. The molecule has 0 saturated heterocycles. The van der Waals surface area contributed by atoms with Gasteiger partial charge in [0, 0.05) is 0 Å². The van der Waals surface area contributed by atoms with E-state index in [-0.39, 0.29) is 5.88 Å². The molecular formula is C16H21ClN2O2. The molecule has 0 atom stereocenters. The molecule has 0 N–H and O–H groups in total. The summed E-state index contributed by atoms with van der Waals surface area (Å²) in [5.74, 6) is 1.94. The molecule has 2 aromatic rings. The summed E-state index contributed by atoms with van der Waals surface area (Å²) in [4.78, 5) is 4.24. The first-order chi connectivity index (χ1) is 10.3. The van der Waals surface area contributed by atoms with Crippen molar-refractivity contribution in [3.8, 4) is 17.1 Å². The van der Waals surface area contributed by atoms with E-state index in [1.165, 1.54) is 25.7 Å². The monoisotopic (exact) mass is 308 g/mol. The Kier molecular flexibility index (Phi) is 6.54. The lowest BCUT2D eigenvalue weighted by Crippen LogP contribution is -1.99. The van der Waals surface area contributed by atoms with Crippen LogP contribution in [0.4, 0.5) is 0 Å². The molecule has 0 amide bonds. The molecule has 1 aromatic carbocycles. The van der Waals surface area contributed by atoms with Crippen molar-refractivity contribution in [2.24, 2.45) is 0 Å². The molecular weight excluding hydrogens is 288 g/mol. The standard InChI is InChI=1S/C16H21ClN2O2/c1-2-3-4-5-8-11-20-14-10-7-6-9-13(14)16-18-15(12-17)21-19-16/h6-7,9-10H,2-5,8,11-12H2,1H3. The number of unbranched alkanes of at least 4 members (excludes halogenated alkanes) is 4. The zero-order valence-corrected chi connectivity index (χ0v) is 13.1. The Labute approximate surface area is 130 Å². The maximum Gasteiger partial charge on any atom is 0.241 e. The van der Waals surface area contributed by atoms with Crippen molar-refractivity contribution in [2.75, 3.05) is 6.61 Å². The molecule has 0 aliphatic carbocycles. The van der Waals surface area contributed by atoms with E-state index in [9.17, 15) is 0 Å². The van der Waals surface area contributed by atoms with Gasteiger partial charge in [0.05, 0.1) is 12.2 Å². The third-order valence-electron chi connectivity index (χ3n) is 3.22. The van der Waals surface area contributed by atoms with Crippen molar-refractivity contribution in [1.29, 1.82) is 0 Å². The maximum atomic E-state index is 5.86. The first-order valence-corrected chi connectivity index (χ1v) is 7.99. The van der Waals surface area contributed by atoms with E-state index >= 15 is 0 Å². The fraction of sp³-hybridized carbons (Fsp3) is 0.500. The van der Waals surface area contributed by atoms with Crippen LogP contribution < -0.4 is 4.74 Å². The van der Waals surface area contributed by atoms with E-state index in [4.69, 9.17) is 20.9 Å². The summed E-state index contributed by atoms with van der Waals surface area (Å²) in [5, 5.41) is 3.94. The van der Waals surface area contributed by atoms with Gasteiger partial charge in [-0.1, -0.05) is 49.9 Å². The summed E-state index contributed by atoms with van der Waals surface area (Å²) < 4.78 is 10.9. The van der Waals surface area contributed by atoms with Crippen LogP contribution in [0.5, 0.6) is 5.75 Å². The largest absolute Gasteiger partial charge is 0.493 e. The number of benzene rings is 1. The molecule has 4 nitrogen and oxygen atoms in total. The molecule has 1 heterocycles. The van der Waals surface area contributed by atoms with Gasteiger partial charge in [-0.3, -0.25) is 0 Å². The van der Waals surface area contributed by atoms with E-state index in [2.05, 4.69) is 17.1 Å². The van der Waals surface area contributed by atoms with Crippen LogP contribution in [0, 0.1) is 0 Å². The molecule has 0 aliphatic rings. The Hall–Kier alpha value is -1.55. The van der Waals surface area contributed by atoms with E-state index < -0.39 is 0 Å². The molecule has 21 heavy (non-hydrogen) atoms. The molecule has 0 fully saturated rings. The molecule has 0 spiro atoms. The van der Waals surface area contributed by atoms with Gasteiger partial charge in [0.2, 0.25) is 11.7 Å². The van der Waals surface area contributed by atoms with Crippen molar-refractivity contribution in [3.63, 3.8) is 0 Å². The lowest BCUT2D eigenvalue weighted by atomic mass is 10.1. The van der Waals surface area contributed by atoms with Gasteiger partial charge in [-0.2, -0.15) is 4.98 Å². The van der Waals surface area contributed by atoms with E-state index in [0.29, 0.717) is 18.3 Å². The van der Waals surface area contributed by atoms with Crippen LogP contribution in [0.25, 0.3) is 11.4 Å². The Bertz CT molecular complexity index is 543. The van der Waals surface area contributed by atoms with Crippen LogP contribution >= 0.6 is 11.6 Å². The first-order valence-electron chi connectivity index (χ1n) is 7.46. The third-order valence-corrected chi connectivity index (χ3v) is 3.44. The topological polar surface area (TPSA) is 48.2 Å². The number of nitrogens with zero attached hydrogens (tertiary/aromatic N) is 2. The SMILES string of the molecule is CCCCCCCOc1ccccc1-c1noc(CCl)n1. The van der Waals surface area contributed by atoms with Crippen LogP contribution in [-0.4, -0.2) is 16.7 Å². The third kappa shape index (κ3) is 4.74. The highest BCUT2D eigenvalue weighted by Crippen LogP contribution is 2.28. The smallest absolute Gasteiger partial charge is 0.241 e. The number of rotatable bonds is 9. The van der Waals surface area contributed by atoms with Gasteiger partial charge < -0.3 is 9.26 Å². The molecule has 5 heteroatoms. The summed E-state index contributed by atoms with van der Waals surface area (Å²) in [5.41, 5.74) is 0.839. The average molecular weight is 309 g/mol. The minimum Gasteiger partial charge on any atom is -0.493 e. The summed E-state index contributed by atoms with van der Waals surface area (Å²) in [6, 6.07) is 7.73. The second-order valence-corrected chi connectivity index (χ2v) is 5.17. The second-order valence-electron chi connectivity index (χ2n) is 4.90. The number of alkyl halides is 1. The van der Waals surface area contributed by atoms with Gasteiger partial charge >= 0.3 is 0 Å². The van der Waals surface area contributed by atoms with Crippen molar-refractivity contribution in [2.45, 2.75) is 44.9 Å². The van der Waals surface area contributed by atoms with Crippen LogP contribution in [0.1, 0.15) is 44.9 Å². The van der Waals surface area contributed by atoms with E-state index in [0.717, 1.165) is 17.7 Å². The number of hydrogen-bond donors (Lipinski definition) is 0. The van der Waals surface area contributed by atoms with Crippen LogP contribution in [0.15, 0.2) is 28.8 Å². The van der Waals surface area contributed by atoms with Gasteiger partial charge in [-0.15, -0.1) is 11.6 Å². The van der Waals surface area contributed by atoms with E-state index in [1.807, 2.05) is 24.3 Å². The molecule has 0 unspecified atom stereocenters. The quantitative estimate of drug-likeness (QED) is 0.492. The highest BCUT2D eigenvalue weighted by molar-refractivity contribution is 6.16. The Morgan fingerprint density at radius 1 is 1.14 bits per heavy atom. The summed E-state index contributed by atoms with van der Waals surface area (Å²) in [7, 11) is 0. The highest BCUT2D eigenvalue weighted by atomic mass is 35.5.